The highest BCUT2D eigenvalue weighted by Gasteiger charge is 2.35. The summed E-state index contributed by atoms with van der Waals surface area (Å²) >= 11 is 0. The maximum atomic E-state index is 10.8. The molecule has 0 bridgehead atoms. The average molecular weight is 264 g/mol. The Kier molecular flexibility index (Phi) is 4.42. The smallest absolute Gasteiger partial charge is 0.137 e. The Morgan fingerprint density at radius 1 is 1.37 bits per heavy atom. The highest BCUT2D eigenvalue weighted by molar-refractivity contribution is 5.28. The molecule has 0 aromatic carbocycles. The van der Waals surface area contributed by atoms with Gasteiger partial charge in [-0.1, -0.05) is 0 Å². The molecule has 0 aliphatic carbocycles. The summed E-state index contributed by atoms with van der Waals surface area (Å²) < 4.78 is 5.46. The number of likely N-dealkylation sites (tertiary alicyclic amines) is 1. The van der Waals surface area contributed by atoms with Crippen molar-refractivity contribution in [3.63, 3.8) is 0 Å². The van der Waals surface area contributed by atoms with Crippen LogP contribution in [0.2, 0.25) is 0 Å². The van der Waals surface area contributed by atoms with Gasteiger partial charge in [0.1, 0.15) is 5.75 Å². The Bertz CT molecular complexity index is 412. The molecule has 0 amide bonds. The molecule has 0 unspecified atom stereocenters. The number of piperidine rings is 1. The molecule has 19 heavy (non-hydrogen) atoms. The van der Waals surface area contributed by atoms with Crippen molar-refractivity contribution in [2.45, 2.75) is 45.3 Å². The number of pyridine rings is 1. The summed E-state index contributed by atoms with van der Waals surface area (Å²) in [5.41, 5.74) is 0.118. The number of nitrogens with zero attached hydrogens (tertiary/aromatic N) is 2. The second kappa shape index (κ2) is 5.88. The molecular formula is C15H24N2O2. The van der Waals surface area contributed by atoms with E-state index in [0.717, 1.165) is 37.2 Å². The molecule has 1 aromatic rings. The third-order valence-corrected chi connectivity index (χ3v) is 3.92. The van der Waals surface area contributed by atoms with E-state index in [1.54, 1.807) is 12.4 Å². The highest BCUT2D eigenvalue weighted by Crippen LogP contribution is 2.34. The van der Waals surface area contributed by atoms with Gasteiger partial charge in [-0.3, -0.25) is 4.98 Å². The summed E-state index contributed by atoms with van der Waals surface area (Å²) in [4.78, 5) is 6.58. The van der Waals surface area contributed by atoms with E-state index in [1.165, 1.54) is 0 Å². The largest absolute Gasteiger partial charge is 0.492 e. The fourth-order valence-corrected chi connectivity index (χ4v) is 2.62. The van der Waals surface area contributed by atoms with E-state index in [1.807, 2.05) is 13.0 Å². The number of hydrogen-bond donors (Lipinski definition) is 1. The number of ether oxygens (including phenoxy) is 1. The molecule has 1 aromatic heterocycles. The van der Waals surface area contributed by atoms with E-state index >= 15 is 0 Å². The maximum absolute atomic E-state index is 10.8. The molecule has 0 spiro atoms. The van der Waals surface area contributed by atoms with Crippen LogP contribution in [0, 0.1) is 0 Å². The fourth-order valence-electron chi connectivity index (χ4n) is 2.62. The number of hydrogen-bond acceptors (Lipinski definition) is 4. The standard InChI is InChI=1S/C15H24N2O2/c1-4-19-14-9-13(10-16-11-14)15(18)5-7-17(8-6-15)12(2)3/h9-12,18H,4-8H2,1-3H3. The number of rotatable bonds is 4. The maximum Gasteiger partial charge on any atom is 0.137 e. The van der Waals surface area contributed by atoms with Gasteiger partial charge in [-0.25, -0.2) is 0 Å². The van der Waals surface area contributed by atoms with Crippen molar-refractivity contribution in [3.8, 4) is 5.75 Å². The van der Waals surface area contributed by atoms with Crippen LogP contribution in [0.25, 0.3) is 0 Å². The Morgan fingerprint density at radius 3 is 2.63 bits per heavy atom. The third-order valence-electron chi connectivity index (χ3n) is 3.92. The average Bonchev–Trinajstić information content (AvgIpc) is 2.40. The molecule has 4 nitrogen and oxygen atoms in total. The monoisotopic (exact) mass is 264 g/mol. The van der Waals surface area contributed by atoms with Crippen molar-refractivity contribution in [2.24, 2.45) is 0 Å². The van der Waals surface area contributed by atoms with Crippen molar-refractivity contribution >= 4 is 0 Å². The molecule has 1 fully saturated rings. The molecular weight excluding hydrogens is 240 g/mol. The number of aliphatic hydroxyl groups is 1. The van der Waals surface area contributed by atoms with Gasteiger partial charge in [-0.2, -0.15) is 0 Å². The lowest BCUT2D eigenvalue weighted by Crippen LogP contribution is -2.45. The minimum absolute atomic E-state index is 0.539. The van der Waals surface area contributed by atoms with Gasteiger partial charge in [0.15, 0.2) is 0 Å². The lowest BCUT2D eigenvalue weighted by molar-refractivity contribution is -0.0327. The summed E-state index contributed by atoms with van der Waals surface area (Å²) in [7, 11) is 0. The van der Waals surface area contributed by atoms with Crippen molar-refractivity contribution in [1.82, 2.24) is 9.88 Å². The van der Waals surface area contributed by atoms with Gasteiger partial charge < -0.3 is 14.7 Å². The van der Waals surface area contributed by atoms with Gasteiger partial charge in [0, 0.05) is 30.9 Å². The first-order valence-electron chi connectivity index (χ1n) is 7.10. The molecule has 2 heterocycles. The number of aromatic nitrogens is 1. The zero-order valence-electron chi connectivity index (χ0n) is 12.1. The van der Waals surface area contributed by atoms with Crippen molar-refractivity contribution < 1.29 is 9.84 Å². The molecule has 0 radical (unpaired) electrons. The van der Waals surface area contributed by atoms with Crippen LogP contribution in [0.1, 0.15) is 39.2 Å². The van der Waals surface area contributed by atoms with Crippen molar-refractivity contribution in [3.05, 3.63) is 24.0 Å². The normalized spacial score (nSPS) is 19.6. The van der Waals surface area contributed by atoms with Crippen LogP contribution in [-0.4, -0.2) is 40.7 Å². The Hall–Kier alpha value is -1.13. The van der Waals surface area contributed by atoms with Gasteiger partial charge in [-0.05, 0) is 39.7 Å². The summed E-state index contributed by atoms with van der Waals surface area (Å²) in [6.45, 7) is 8.80. The van der Waals surface area contributed by atoms with Crippen LogP contribution in [0.15, 0.2) is 18.5 Å². The zero-order valence-corrected chi connectivity index (χ0v) is 12.1. The molecule has 1 saturated heterocycles. The second-order valence-electron chi connectivity index (χ2n) is 5.50. The predicted octanol–water partition coefficient (Wildman–Crippen LogP) is 2.17. The Labute approximate surface area is 115 Å². The first-order valence-corrected chi connectivity index (χ1v) is 7.10. The van der Waals surface area contributed by atoms with Gasteiger partial charge in [0.2, 0.25) is 0 Å². The lowest BCUT2D eigenvalue weighted by atomic mass is 9.85. The van der Waals surface area contributed by atoms with E-state index in [9.17, 15) is 5.11 Å². The highest BCUT2D eigenvalue weighted by atomic mass is 16.5. The van der Waals surface area contributed by atoms with E-state index in [2.05, 4.69) is 23.7 Å². The van der Waals surface area contributed by atoms with Crippen LogP contribution >= 0.6 is 0 Å². The molecule has 0 atom stereocenters. The van der Waals surface area contributed by atoms with E-state index in [-0.39, 0.29) is 0 Å². The summed E-state index contributed by atoms with van der Waals surface area (Å²) in [6.07, 6.45) is 4.96. The minimum atomic E-state index is -0.758. The molecule has 2 rings (SSSR count). The van der Waals surface area contributed by atoms with Gasteiger partial charge in [0.05, 0.1) is 18.4 Å². The van der Waals surface area contributed by atoms with E-state index < -0.39 is 5.60 Å². The van der Waals surface area contributed by atoms with Crippen LogP contribution in [-0.2, 0) is 5.60 Å². The van der Waals surface area contributed by atoms with Gasteiger partial charge in [0.25, 0.3) is 0 Å². The van der Waals surface area contributed by atoms with Crippen molar-refractivity contribution in [2.75, 3.05) is 19.7 Å². The van der Waals surface area contributed by atoms with E-state index in [0.29, 0.717) is 12.6 Å². The first kappa shape index (κ1) is 14.3. The Balaban J connectivity index is 2.10. The van der Waals surface area contributed by atoms with Gasteiger partial charge >= 0.3 is 0 Å². The first-order chi connectivity index (χ1) is 9.05. The minimum Gasteiger partial charge on any atom is -0.492 e. The molecule has 4 heteroatoms. The quantitative estimate of drug-likeness (QED) is 0.905. The fraction of sp³-hybridized carbons (Fsp3) is 0.667. The summed E-state index contributed by atoms with van der Waals surface area (Å²) in [6, 6.07) is 2.46. The molecule has 106 valence electrons. The molecule has 1 N–H and O–H groups in total. The predicted molar refractivity (Wildman–Crippen MR) is 75.2 cm³/mol. The summed E-state index contributed by atoms with van der Waals surface area (Å²) in [5, 5.41) is 10.8. The zero-order chi connectivity index (χ0) is 13.9. The molecule has 1 aliphatic rings. The second-order valence-corrected chi connectivity index (χ2v) is 5.50. The van der Waals surface area contributed by atoms with Crippen molar-refractivity contribution in [1.29, 1.82) is 0 Å². The van der Waals surface area contributed by atoms with Crippen LogP contribution < -0.4 is 4.74 Å². The summed E-state index contributed by atoms with van der Waals surface area (Å²) in [5.74, 6) is 0.736. The lowest BCUT2D eigenvalue weighted by Gasteiger charge is -2.40. The molecule has 1 aliphatic heterocycles. The van der Waals surface area contributed by atoms with Crippen LogP contribution in [0.4, 0.5) is 0 Å². The van der Waals surface area contributed by atoms with Gasteiger partial charge in [-0.15, -0.1) is 0 Å². The van der Waals surface area contributed by atoms with Crippen LogP contribution in [0.5, 0.6) is 5.75 Å². The molecule has 0 saturated carbocycles. The Morgan fingerprint density at radius 2 is 2.05 bits per heavy atom. The topological polar surface area (TPSA) is 45.6 Å². The SMILES string of the molecule is CCOc1cncc(C2(O)CCN(C(C)C)CC2)c1. The van der Waals surface area contributed by atoms with E-state index in [4.69, 9.17) is 4.74 Å². The third kappa shape index (κ3) is 3.25. The van der Waals surface area contributed by atoms with Crippen LogP contribution in [0.3, 0.4) is 0 Å².